The molecule has 0 saturated carbocycles. The van der Waals surface area contributed by atoms with Crippen LogP contribution in [-0.4, -0.2) is 17.2 Å². The van der Waals surface area contributed by atoms with Crippen molar-refractivity contribution >= 4 is 12.6 Å². The van der Waals surface area contributed by atoms with E-state index in [1.165, 1.54) is 11.1 Å². The molecule has 0 heterocycles. The third-order valence-corrected chi connectivity index (χ3v) is 3.98. The molecule has 23 heavy (non-hydrogen) atoms. The predicted octanol–water partition coefficient (Wildman–Crippen LogP) is 3.19. The smallest absolute Gasteiger partial charge is 0.488 e. The van der Waals surface area contributed by atoms with Crippen molar-refractivity contribution in [1.29, 1.82) is 0 Å². The van der Waals surface area contributed by atoms with Crippen LogP contribution >= 0.6 is 0 Å². The quantitative estimate of drug-likeness (QED) is 0.805. The molecule has 0 atom stereocenters. The largest absolute Gasteiger partial charge is 0.488 e. The Morgan fingerprint density at radius 2 is 1.39 bits per heavy atom. The molecule has 0 spiro atoms. The zero-order chi connectivity index (χ0) is 17.0. The maximum atomic E-state index is 9.14. The molecule has 4 heteroatoms. The van der Waals surface area contributed by atoms with Crippen LogP contribution in [-0.2, 0) is 6.61 Å². The Kier molecular flexibility index (Phi) is 5.86. The highest BCUT2D eigenvalue weighted by Crippen LogP contribution is 2.34. The molecule has 0 radical (unpaired) electrons. The first-order chi connectivity index (χ1) is 10.9. The van der Waals surface area contributed by atoms with Gasteiger partial charge in [-0.2, -0.15) is 0 Å². The minimum absolute atomic E-state index is 0.399. The lowest BCUT2D eigenvalue weighted by Gasteiger charge is -2.20. The van der Waals surface area contributed by atoms with Crippen LogP contribution in [0.15, 0.2) is 42.5 Å². The van der Waals surface area contributed by atoms with Crippen LogP contribution in [0.2, 0.25) is 0 Å². The fourth-order valence-corrected chi connectivity index (χ4v) is 2.59. The first kappa shape index (κ1) is 17.6. The molecule has 0 saturated heterocycles. The van der Waals surface area contributed by atoms with Gasteiger partial charge in [0.05, 0.1) is 0 Å². The van der Waals surface area contributed by atoms with E-state index in [-0.39, 0.29) is 0 Å². The van der Waals surface area contributed by atoms with E-state index < -0.39 is 7.12 Å². The second-order valence-corrected chi connectivity index (χ2v) is 6.48. The van der Waals surface area contributed by atoms with Crippen LogP contribution in [0, 0.1) is 0 Å². The van der Waals surface area contributed by atoms with Gasteiger partial charge in [-0.1, -0.05) is 70.2 Å². The summed E-state index contributed by atoms with van der Waals surface area (Å²) in [5, 5.41) is 18.3. The molecule has 0 aromatic heterocycles. The van der Waals surface area contributed by atoms with Crippen molar-refractivity contribution in [3.63, 3.8) is 0 Å². The standard InChI is InChI=1S/C19H25BO3/c1-13(2)17-6-5-7-18(14(3)4)19(17)23-12-15-8-10-16(11-9-15)20(21)22/h5-11,13-14,21-22H,12H2,1-4H3. The monoisotopic (exact) mass is 312 g/mol. The van der Waals surface area contributed by atoms with Crippen LogP contribution in [0.4, 0.5) is 0 Å². The van der Waals surface area contributed by atoms with Crippen molar-refractivity contribution in [2.75, 3.05) is 0 Å². The van der Waals surface area contributed by atoms with Crippen LogP contribution in [0.25, 0.3) is 0 Å². The summed E-state index contributed by atoms with van der Waals surface area (Å²) in [5.41, 5.74) is 3.93. The Morgan fingerprint density at radius 3 is 1.83 bits per heavy atom. The lowest BCUT2D eigenvalue weighted by molar-refractivity contribution is 0.297. The molecule has 122 valence electrons. The Balaban J connectivity index is 2.22. The van der Waals surface area contributed by atoms with Gasteiger partial charge in [-0.15, -0.1) is 0 Å². The van der Waals surface area contributed by atoms with Gasteiger partial charge in [-0.3, -0.25) is 0 Å². The molecule has 2 rings (SSSR count). The minimum atomic E-state index is -1.43. The lowest BCUT2D eigenvalue weighted by Crippen LogP contribution is -2.29. The summed E-state index contributed by atoms with van der Waals surface area (Å²) in [5.74, 6) is 1.77. The van der Waals surface area contributed by atoms with E-state index in [1.807, 2.05) is 12.1 Å². The van der Waals surface area contributed by atoms with E-state index in [0.717, 1.165) is 11.3 Å². The zero-order valence-electron chi connectivity index (χ0n) is 14.3. The fraction of sp³-hybridized carbons (Fsp3) is 0.368. The molecule has 2 aromatic rings. The molecule has 0 aliphatic rings. The van der Waals surface area contributed by atoms with Crippen LogP contribution in [0.1, 0.15) is 56.2 Å². The number of rotatable bonds is 6. The third-order valence-electron chi connectivity index (χ3n) is 3.98. The molecular weight excluding hydrogens is 287 g/mol. The molecule has 0 bridgehead atoms. The summed E-state index contributed by atoms with van der Waals surface area (Å²) >= 11 is 0. The summed E-state index contributed by atoms with van der Waals surface area (Å²) < 4.78 is 6.15. The van der Waals surface area contributed by atoms with Crippen LogP contribution < -0.4 is 10.2 Å². The Bertz CT molecular complexity index is 607. The van der Waals surface area contributed by atoms with Crippen molar-refractivity contribution in [2.45, 2.75) is 46.1 Å². The van der Waals surface area contributed by atoms with Crippen molar-refractivity contribution in [3.05, 3.63) is 59.2 Å². The van der Waals surface area contributed by atoms with Gasteiger partial charge in [-0.05, 0) is 34.0 Å². The first-order valence-electron chi connectivity index (χ1n) is 8.10. The number of hydrogen-bond donors (Lipinski definition) is 2. The molecule has 0 aliphatic carbocycles. The zero-order valence-corrected chi connectivity index (χ0v) is 14.3. The van der Waals surface area contributed by atoms with Crippen LogP contribution in [0.3, 0.4) is 0 Å². The van der Waals surface area contributed by atoms with E-state index in [9.17, 15) is 0 Å². The van der Waals surface area contributed by atoms with Crippen LogP contribution in [0.5, 0.6) is 5.75 Å². The van der Waals surface area contributed by atoms with E-state index in [4.69, 9.17) is 14.8 Å². The van der Waals surface area contributed by atoms with Gasteiger partial charge >= 0.3 is 7.12 Å². The third kappa shape index (κ3) is 4.37. The molecule has 2 N–H and O–H groups in total. The van der Waals surface area contributed by atoms with Crippen molar-refractivity contribution in [3.8, 4) is 5.75 Å². The first-order valence-corrected chi connectivity index (χ1v) is 8.10. The number of para-hydroxylation sites is 1. The van der Waals surface area contributed by atoms with Gasteiger partial charge in [0, 0.05) is 0 Å². The molecule has 3 nitrogen and oxygen atoms in total. The average molecular weight is 312 g/mol. The fourth-order valence-electron chi connectivity index (χ4n) is 2.59. The summed E-state index contributed by atoms with van der Waals surface area (Å²) in [7, 11) is -1.43. The highest BCUT2D eigenvalue weighted by molar-refractivity contribution is 6.58. The number of benzene rings is 2. The Labute approximate surface area is 139 Å². The summed E-state index contributed by atoms with van der Waals surface area (Å²) in [6.07, 6.45) is 0. The Morgan fingerprint density at radius 1 is 0.870 bits per heavy atom. The molecule has 0 unspecified atom stereocenters. The second kappa shape index (κ2) is 7.67. The lowest BCUT2D eigenvalue weighted by atomic mass is 9.80. The topological polar surface area (TPSA) is 49.7 Å². The van der Waals surface area contributed by atoms with Gasteiger partial charge in [0.15, 0.2) is 0 Å². The summed E-state index contributed by atoms with van der Waals surface area (Å²) in [4.78, 5) is 0. The SMILES string of the molecule is CC(C)c1cccc(C(C)C)c1OCc1ccc(B(O)O)cc1. The van der Waals surface area contributed by atoms with Gasteiger partial charge < -0.3 is 14.8 Å². The van der Waals surface area contributed by atoms with Gasteiger partial charge in [0.1, 0.15) is 12.4 Å². The van der Waals surface area contributed by atoms with E-state index in [1.54, 1.807) is 12.1 Å². The van der Waals surface area contributed by atoms with Crippen molar-refractivity contribution in [1.82, 2.24) is 0 Å². The number of hydrogen-bond acceptors (Lipinski definition) is 3. The normalized spacial score (nSPS) is 11.1. The average Bonchev–Trinajstić information content (AvgIpc) is 2.52. The molecule has 0 aliphatic heterocycles. The summed E-state index contributed by atoms with van der Waals surface area (Å²) in [6, 6.07) is 13.5. The van der Waals surface area contributed by atoms with E-state index >= 15 is 0 Å². The van der Waals surface area contributed by atoms with Gasteiger partial charge in [0.2, 0.25) is 0 Å². The van der Waals surface area contributed by atoms with E-state index in [0.29, 0.717) is 23.9 Å². The van der Waals surface area contributed by atoms with Gasteiger partial charge in [0.25, 0.3) is 0 Å². The number of ether oxygens (including phenoxy) is 1. The predicted molar refractivity (Wildman–Crippen MR) is 95.2 cm³/mol. The molecule has 0 amide bonds. The second-order valence-electron chi connectivity index (χ2n) is 6.48. The highest BCUT2D eigenvalue weighted by atomic mass is 16.5. The van der Waals surface area contributed by atoms with Crippen molar-refractivity contribution < 1.29 is 14.8 Å². The minimum Gasteiger partial charge on any atom is -0.488 e. The molecular formula is C19H25BO3. The highest BCUT2D eigenvalue weighted by Gasteiger charge is 2.15. The summed E-state index contributed by atoms with van der Waals surface area (Å²) in [6.45, 7) is 9.15. The molecule has 2 aromatic carbocycles. The van der Waals surface area contributed by atoms with Gasteiger partial charge in [-0.25, -0.2) is 0 Å². The maximum absolute atomic E-state index is 9.14. The van der Waals surface area contributed by atoms with E-state index in [2.05, 4.69) is 45.9 Å². The maximum Gasteiger partial charge on any atom is 0.488 e. The Hall–Kier alpha value is -1.78. The van der Waals surface area contributed by atoms with Crippen molar-refractivity contribution in [2.24, 2.45) is 0 Å². The molecule has 0 fully saturated rings.